The molecule has 0 aliphatic rings. The molecule has 0 unspecified atom stereocenters. The molecule has 0 atom stereocenters. The molecule has 0 bridgehead atoms. The van der Waals surface area contributed by atoms with Crippen molar-refractivity contribution >= 4 is 33.0 Å². The smallest absolute Gasteiger partial charge is 0.229 e. The molecule has 8 heteroatoms. The van der Waals surface area contributed by atoms with Gasteiger partial charge in [-0.3, -0.25) is 9.52 Å². The third kappa shape index (κ3) is 5.64. The van der Waals surface area contributed by atoms with Gasteiger partial charge >= 0.3 is 0 Å². The van der Waals surface area contributed by atoms with Gasteiger partial charge in [-0.05, 0) is 24.6 Å². The van der Waals surface area contributed by atoms with E-state index in [9.17, 15) is 13.2 Å². The summed E-state index contributed by atoms with van der Waals surface area (Å²) in [6.07, 6.45) is 1.34. The van der Waals surface area contributed by atoms with Gasteiger partial charge < -0.3 is 5.32 Å². The van der Waals surface area contributed by atoms with Crippen LogP contribution in [-0.2, 0) is 27.8 Å². The zero-order valence-electron chi connectivity index (χ0n) is 15.6. The highest BCUT2D eigenvalue weighted by atomic mass is 32.2. The maximum atomic E-state index is 12.2. The summed E-state index contributed by atoms with van der Waals surface area (Å²) in [5.41, 5.74) is 3.24. The van der Waals surface area contributed by atoms with Crippen LogP contribution in [0.25, 0.3) is 11.3 Å². The Morgan fingerprint density at radius 2 is 1.75 bits per heavy atom. The zero-order chi connectivity index (χ0) is 20.1. The van der Waals surface area contributed by atoms with Gasteiger partial charge in [0.25, 0.3) is 0 Å². The molecule has 2 N–H and O–H groups in total. The number of carbonyl (C=O) groups excluding carboxylic acids is 1. The van der Waals surface area contributed by atoms with Crippen molar-refractivity contribution in [2.75, 3.05) is 11.0 Å². The molecule has 0 radical (unpaired) electrons. The predicted molar refractivity (Wildman–Crippen MR) is 113 cm³/mol. The van der Waals surface area contributed by atoms with Crippen LogP contribution in [0, 0.1) is 6.92 Å². The van der Waals surface area contributed by atoms with Crippen molar-refractivity contribution in [2.24, 2.45) is 0 Å². The van der Waals surface area contributed by atoms with E-state index in [1.807, 2.05) is 49.4 Å². The number of carbonyl (C=O) groups is 1. The molecule has 1 aromatic heterocycles. The summed E-state index contributed by atoms with van der Waals surface area (Å²) in [6.45, 7) is 2.45. The number of hydrogen-bond donors (Lipinski definition) is 2. The molecule has 0 saturated heterocycles. The number of aromatic nitrogens is 1. The van der Waals surface area contributed by atoms with Crippen LogP contribution in [0.4, 0.5) is 5.69 Å². The highest BCUT2D eigenvalue weighted by Gasteiger charge is 2.13. The first-order valence-electron chi connectivity index (χ1n) is 8.65. The minimum absolute atomic E-state index is 0.0724. The van der Waals surface area contributed by atoms with Gasteiger partial charge in [0.05, 0.1) is 18.4 Å². The molecule has 6 nitrogen and oxygen atoms in total. The molecule has 1 amide bonds. The standard InChI is InChI=1S/C20H21N3O3S2/c1-14-20(16-8-10-17(11-9-16)23-28(2,25)26)22-19(27-14)12-18(24)21-13-15-6-4-3-5-7-15/h3-11,23H,12-13H2,1-2H3,(H,21,24). The number of rotatable bonds is 7. The topological polar surface area (TPSA) is 88.2 Å². The molecule has 0 saturated carbocycles. The molecule has 1 heterocycles. The van der Waals surface area contributed by atoms with Gasteiger partial charge in [0.15, 0.2) is 0 Å². The van der Waals surface area contributed by atoms with Gasteiger partial charge in [-0.1, -0.05) is 42.5 Å². The minimum atomic E-state index is -3.31. The van der Waals surface area contributed by atoms with E-state index in [0.29, 0.717) is 12.2 Å². The molecule has 3 rings (SSSR count). The van der Waals surface area contributed by atoms with E-state index >= 15 is 0 Å². The fourth-order valence-electron chi connectivity index (χ4n) is 2.70. The number of hydrogen-bond acceptors (Lipinski definition) is 5. The van der Waals surface area contributed by atoms with Gasteiger partial charge in [-0.15, -0.1) is 11.3 Å². The molecule has 0 spiro atoms. The molecule has 146 valence electrons. The third-order valence-electron chi connectivity index (χ3n) is 3.95. The van der Waals surface area contributed by atoms with E-state index in [1.165, 1.54) is 11.3 Å². The van der Waals surface area contributed by atoms with Gasteiger partial charge in [0, 0.05) is 22.7 Å². The number of thiazole rings is 1. The number of anilines is 1. The molecule has 0 aliphatic carbocycles. The summed E-state index contributed by atoms with van der Waals surface area (Å²) in [5, 5.41) is 3.65. The van der Waals surface area contributed by atoms with E-state index in [4.69, 9.17) is 0 Å². The number of benzene rings is 2. The lowest BCUT2D eigenvalue weighted by molar-refractivity contribution is -0.120. The first kappa shape index (κ1) is 20.0. The van der Waals surface area contributed by atoms with Gasteiger partial charge in [-0.25, -0.2) is 13.4 Å². The van der Waals surface area contributed by atoms with Crippen molar-refractivity contribution in [1.29, 1.82) is 0 Å². The quantitative estimate of drug-likeness (QED) is 0.619. The Balaban J connectivity index is 1.65. The van der Waals surface area contributed by atoms with Crippen LogP contribution < -0.4 is 10.0 Å². The lowest BCUT2D eigenvalue weighted by atomic mass is 10.1. The van der Waals surface area contributed by atoms with Crippen LogP contribution in [0.15, 0.2) is 54.6 Å². The summed E-state index contributed by atoms with van der Waals surface area (Å²) in [7, 11) is -3.31. The lowest BCUT2D eigenvalue weighted by Gasteiger charge is -2.05. The second-order valence-corrected chi connectivity index (χ2v) is 9.44. The number of nitrogens with one attached hydrogen (secondary N) is 2. The van der Waals surface area contributed by atoms with Gasteiger partial charge in [0.1, 0.15) is 5.01 Å². The lowest BCUT2D eigenvalue weighted by Crippen LogP contribution is -2.24. The van der Waals surface area contributed by atoms with Crippen molar-refractivity contribution in [2.45, 2.75) is 19.9 Å². The Morgan fingerprint density at radius 1 is 1.07 bits per heavy atom. The summed E-state index contributed by atoms with van der Waals surface area (Å²) in [6, 6.07) is 16.8. The Kier molecular flexibility index (Phi) is 6.11. The van der Waals surface area contributed by atoms with Gasteiger partial charge in [-0.2, -0.15) is 0 Å². The van der Waals surface area contributed by atoms with Crippen LogP contribution >= 0.6 is 11.3 Å². The molecule has 2 aromatic carbocycles. The van der Waals surface area contributed by atoms with Crippen molar-refractivity contribution < 1.29 is 13.2 Å². The molecular formula is C20H21N3O3S2. The minimum Gasteiger partial charge on any atom is -0.352 e. The average Bonchev–Trinajstić information content (AvgIpc) is 3.00. The average molecular weight is 416 g/mol. The molecular weight excluding hydrogens is 394 g/mol. The molecule has 3 aromatic rings. The summed E-state index contributed by atoms with van der Waals surface area (Å²) in [4.78, 5) is 17.8. The Morgan fingerprint density at radius 3 is 2.39 bits per heavy atom. The highest BCUT2D eigenvalue weighted by Crippen LogP contribution is 2.28. The third-order valence-corrected chi connectivity index (χ3v) is 5.52. The van der Waals surface area contributed by atoms with Crippen LogP contribution in [-0.4, -0.2) is 25.6 Å². The van der Waals surface area contributed by atoms with Crippen molar-refractivity contribution in [3.63, 3.8) is 0 Å². The fraction of sp³-hybridized carbons (Fsp3) is 0.200. The van der Waals surface area contributed by atoms with Crippen LogP contribution in [0.3, 0.4) is 0 Å². The Hall–Kier alpha value is -2.71. The maximum absolute atomic E-state index is 12.2. The molecule has 0 fully saturated rings. The SMILES string of the molecule is Cc1sc(CC(=O)NCc2ccccc2)nc1-c1ccc(NS(C)(=O)=O)cc1. The fourth-order valence-corrected chi connectivity index (χ4v) is 4.22. The second-order valence-electron chi connectivity index (χ2n) is 6.40. The maximum Gasteiger partial charge on any atom is 0.229 e. The largest absolute Gasteiger partial charge is 0.352 e. The van der Waals surface area contributed by atoms with Crippen molar-refractivity contribution in [1.82, 2.24) is 10.3 Å². The number of sulfonamides is 1. The molecule has 0 aliphatic heterocycles. The summed E-state index contributed by atoms with van der Waals surface area (Å²) >= 11 is 1.49. The Bertz CT molecular complexity index is 1060. The normalized spacial score (nSPS) is 11.2. The van der Waals surface area contributed by atoms with E-state index in [0.717, 1.165) is 33.0 Å². The Labute approximate surface area is 168 Å². The monoisotopic (exact) mass is 415 g/mol. The van der Waals surface area contributed by atoms with Crippen molar-refractivity contribution in [3.8, 4) is 11.3 Å². The second kappa shape index (κ2) is 8.53. The van der Waals surface area contributed by atoms with Gasteiger partial charge in [0.2, 0.25) is 15.9 Å². The predicted octanol–water partition coefficient (Wildman–Crippen LogP) is 3.35. The van der Waals surface area contributed by atoms with Crippen LogP contribution in [0.5, 0.6) is 0 Å². The summed E-state index contributed by atoms with van der Waals surface area (Å²) in [5.74, 6) is -0.0724. The number of nitrogens with zero attached hydrogens (tertiary/aromatic N) is 1. The molecule has 28 heavy (non-hydrogen) atoms. The highest BCUT2D eigenvalue weighted by molar-refractivity contribution is 7.92. The number of aryl methyl sites for hydroxylation is 1. The van der Waals surface area contributed by atoms with Crippen molar-refractivity contribution in [3.05, 3.63) is 70.0 Å². The van der Waals surface area contributed by atoms with E-state index in [1.54, 1.807) is 12.1 Å². The van der Waals surface area contributed by atoms with E-state index in [-0.39, 0.29) is 12.3 Å². The number of amides is 1. The summed E-state index contributed by atoms with van der Waals surface area (Å²) < 4.78 is 25.0. The first-order chi connectivity index (χ1) is 13.3. The van der Waals surface area contributed by atoms with Crippen LogP contribution in [0.2, 0.25) is 0 Å². The first-order valence-corrected chi connectivity index (χ1v) is 11.4. The van der Waals surface area contributed by atoms with Crippen LogP contribution in [0.1, 0.15) is 15.4 Å². The zero-order valence-corrected chi connectivity index (χ0v) is 17.2. The van der Waals surface area contributed by atoms with E-state index < -0.39 is 10.0 Å². The van der Waals surface area contributed by atoms with E-state index in [2.05, 4.69) is 15.0 Å².